The van der Waals surface area contributed by atoms with Gasteiger partial charge in [-0.1, -0.05) is 83.7 Å². The van der Waals surface area contributed by atoms with Crippen LogP contribution < -0.4 is 31.9 Å². The standard InChI is InChI=1S/C40H54N10O10.C3H8.C2H6.C2H2/c1-40(2,3)60-39(59)50-22-26(34(54)43-19-29(51)36(56)44-21-31(53)47-33(38(58)49(4)5)25-14-10-7-11-15-25)28(23-50)46-30(52)20-45-37(57)32(24-12-8-6-9-13-24)48-35(55)27-18-41-16-17-42-27;1-3-2;2*1-2/h7,10-11,14-18,24,26,28,32-33H,6,8-9,12-13,19-23H2,1-5H3,(H,43,54)(H,44,56)(H,45,57)(H,46,52)(H,47,53)(H,48,55);3H2,1-2H3;1-2H3;1-2H/t26-,28+,32?,33+;;;/m1.../s1. The van der Waals surface area contributed by atoms with Gasteiger partial charge in [-0.3, -0.25) is 43.3 Å². The first kappa shape index (κ1) is 58.1. The molecule has 0 spiro atoms. The zero-order chi connectivity index (χ0) is 50.7. The summed E-state index contributed by atoms with van der Waals surface area (Å²) in [5, 5.41) is 15.1. The first-order valence-electron chi connectivity index (χ1n) is 22.4. The van der Waals surface area contributed by atoms with Crippen molar-refractivity contribution >= 4 is 53.2 Å². The number of aromatic nitrogens is 2. The van der Waals surface area contributed by atoms with Gasteiger partial charge in [-0.25, -0.2) is 9.78 Å². The summed E-state index contributed by atoms with van der Waals surface area (Å²) in [7, 11) is 3.05. The Balaban J connectivity index is 0.00000304. The van der Waals surface area contributed by atoms with Gasteiger partial charge in [0.15, 0.2) is 0 Å². The van der Waals surface area contributed by atoms with Crippen LogP contribution in [0.1, 0.15) is 109 Å². The van der Waals surface area contributed by atoms with Crippen molar-refractivity contribution in [3.8, 4) is 12.8 Å². The minimum Gasteiger partial charge on any atom is -0.444 e. The number of ketones is 1. The SMILES string of the molecule is C#C.CC.CCC.CN(C)C(=O)[C@@H](NC(=O)CNC(=O)C(=O)CNC(=O)[C@@H]1CN(C(=O)OC(C)(C)C)C[C@@H]1NC(=O)CNC(=O)C(NC(=O)c1cnccn1)C1CCCCC1)c1ccccc1. The van der Waals surface area contributed by atoms with Crippen LogP contribution in [-0.4, -0.2) is 137 Å². The van der Waals surface area contributed by atoms with E-state index in [9.17, 15) is 43.2 Å². The molecular weight excluding hydrogens is 865 g/mol. The van der Waals surface area contributed by atoms with Crippen LogP contribution in [0.2, 0.25) is 0 Å². The second-order valence-corrected chi connectivity index (χ2v) is 16.5. The number of nitrogens with zero attached hydrogens (tertiary/aromatic N) is 4. The van der Waals surface area contributed by atoms with E-state index in [4.69, 9.17) is 4.74 Å². The Labute approximate surface area is 394 Å². The summed E-state index contributed by atoms with van der Waals surface area (Å²) in [6.07, 6.45) is 16.7. The largest absolute Gasteiger partial charge is 0.444 e. The maximum Gasteiger partial charge on any atom is 0.410 e. The van der Waals surface area contributed by atoms with Crippen molar-refractivity contribution in [2.24, 2.45) is 11.8 Å². The molecule has 0 radical (unpaired) electrons. The van der Waals surface area contributed by atoms with Gasteiger partial charge in [0.1, 0.15) is 23.4 Å². The summed E-state index contributed by atoms with van der Waals surface area (Å²) >= 11 is 0. The second-order valence-electron chi connectivity index (χ2n) is 16.5. The molecule has 20 nitrogen and oxygen atoms in total. The normalized spacial score (nSPS) is 16.1. The Morgan fingerprint density at radius 3 is 2.00 bits per heavy atom. The molecule has 2 aromatic rings. The van der Waals surface area contributed by atoms with Crippen molar-refractivity contribution in [3.63, 3.8) is 0 Å². The Morgan fingerprint density at radius 2 is 1.43 bits per heavy atom. The molecule has 8 amide bonds. The highest BCUT2D eigenvalue weighted by Gasteiger charge is 2.42. The molecule has 1 saturated heterocycles. The molecule has 0 bridgehead atoms. The number of Topliss-reactive ketones (excluding diaryl/α,β-unsaturated/α-hetero) is 1. The van der Waals surface area contributed by atoms with E-state index in [0.29, 0.717) is 18.4 Å². The molecular formula is C47H70N10O10. The van der Waals surface area contributed by atoms with E-state index in [0.717, 1.165) is 19.3 Å². The fourth-order valence-corrected chi connectivity index (χ4v) is 6.76. The molecule has 2 heterocycles. The van der Waals surface area contributed by atoms with Gasteiger partial charge in [-0.15, -0.1) is 12.8 Å². The van der Waals surface area contributed by atoms with Gasteiger partial charge < -0.3 is 46.4 Å². The lowest BCUT2D eigenvalue weighted by Gasteiger charge is -2.30. The number of amides is 8. The van der Waals surface area contributed by atoms with Crippen LogP contribution in [0.15, 0.2) is 48.9 Å². The van der Waals surface area contributed by atoms with Crippen molar-refractivity contribution in [1.82, 2.24) is 51.7 Å². The minimum absolute atomic E-state index is 0.0285. The molecule has 368 valence electrons. The molecule has 2 aliphatic rings. The van der Waals surface area contributed by atoms with Crippen molar-refractivity contribution in [1.29, 1.82) is 0 Å². The van der Waals surface area contributed by atoms with E-state index in [-0.39, 0.29) is 24.7 Å². The molecule has 20 heteroatoms. The molecule has 1 saturated carbocycles. The lowest BCUT2D eigenvalue weighted by molar-refractivity contribution is -0.139. The molecule has 4 atom stereocenters. The molecule has 1 unspecified atom stereocenters. The number of likely N-dealkylation sites (N-methyl/N-ethyl adjacent to an activating group) is 1. The van der Waals surface area contributed by atoms with Crippen molar-refractivity contribution < 1.29 is 47.9 Å². The molecule has 6 N–H and O–H groups in total. The molecule has 67 heavy (non-hydrogen) atoms. The van der Waals surface area contributed by atoms with E-state index < -0.39 is 103 Å². The predicted octanol–water partition coefficient (Wildman–Crippen LogP) is 2.06. The number of hydrogen-bond acceptors (Lipinski definition) is 12. The number of nitrogens with one attached hydrogen (secondary N) is 6. The van der Waals surface area contributed by atoms with E-state index in [1.807, 2.05) is 13.8 Å². The predicted molar refractivity (Wildman–Crippen MR) is 250 cm³/mol. The second kappa shape index (κ2) is 30.3. The first-order chi connectivity index (χ1) is 31.8. The zero-order valence-electron chi connectivity index (χ0n) is 40.3. The number of carbonyl (C=O) groups is 9. The average Bonchev–Trinajstić information content (AvgIpc) is 3.75. The van der Waals surface area contributed by atoms with Gasteiger partial charge in [0.2, 0.25) is 35.3 Å². The lowest BCUT2D eigenvalue weighted by Crippen LogP contribution is -2.54. The monoisotopic (exact) mass is 935 g/mol. The number of likely N-dealkylation sites (tertiary alicyclic amines) is 1. The summed E-state index contributed by atoms with van der Waals surface area (Å²) in [5.74, 6) is -7.37. The fraction of sp³-hybridized carbons (Fsp3) is 0.553. The number of ether oxygens (including phenoxy) is 1. The smallest absolute Gasteiger partial charge is 0.410 e. The van der Waals surface area contributed by atoms with E-state index in [1.165, 1.54) is 48.9 Å². The highest BCUT2D eigenvalue weighted by Crippen LogP contribution is 2.27. The van der Waals surface area contributed by atoms with Gasteiger partial charge in [-0.05, 0) is 45.1 Å². The van der Waals surface area contributed by atoms with Crippen LogP contribution in [0.25, 0.3) is 0 Å². The summed E-state index contributed by atoms with van der Waals surface area (Å²) in [6, 6.07) is 5.46. The average molecular weight is 935 g/mol. The van der Waals surface area contributed by atoms with Crippen LogP contribution in [0, 0.1) is 24.7 Å². The topological polar surface area (TPSA) is 267 Å². The summed E-state index contributed by atoms with van der Waals surface area (Å²) < 4.78 is 5.46. The van der Waals surface area contributed by atoms with E-state index >= 15 is 0 Å². The number of carbonyl (C=O) groups excluding carboxylic acids is 9. The number of hydrogen-bond donors (Lipinski definition) is 6. The lowest BCUT2D eigenvalue weighted by atomic mass is 9.83. The Kier molecular flexibility index (Phi) is 26.3. The minimum atomic E-state index is -1.18. The zero-order valence-corrected chi connectivity index (χ0v) is 40.3. The molecule has 2 fully saturated rings. The Bertz CT molecular complexity index is 1950. The Hall–Kier alpha value is -6.91. The maximum atomic E-state index is 13.5. The third-order valence-corrected chi connectivity index (χ3v) is 9.78. The Morgan fingerprint density at radius 1 is 0.821 bits per heavy atom. The van der Waals surface area contributed by atoms with Crippen LogP contribution in [0.4, 0.5) is 4.79 Å². The number of rotatable bonds is 16. The highest BCUT2D eigenvalue weighted by atomic mass is 16.6. The summed E-state index contributed by atoms with van der Waals surface area (Å²) in [5.41, 5.74) is -0.338. The fourth-order valence-electron chi connectivity index (χ4n) is 6.76. The molecule has 1 aromatic heterocycles. The van der Waals surface area contributed by atoms with Crippen LogP contribution >= 0.6 is 0 Å². The maximum absolute atomic E-state index is 13.5. The van der Waals surface area contributed by atoms with Gasteiger partial charge in [0.25, 0.3) is 11.8 Å². The van der Waals surface area contributed by atoms with Gasteiger partial charge >= 0.3 is 6.09 Å². The molecule has 1 aliphatic carbocycles. The molecule has 4 rings (SSSR count). The summed E-state index contributed by atoms with van der Waals surface area (Å²) in [6.45, 7) is 10.9. The van der Waals surface area contributed by atoms with Crippen LogP contribution in [0.3, 0.4) is 0 Å². The number of terminal acetylenes is 1. The van der Waals surface area contributed by atoms with Gasteiger partial charge in [0, 0.05) is 39.6 Å². The molecule has 1 aromatic carbocycles. The van der Waals surface area contributed by atoms with Crippen molar-refractivity contribution in [2.45, 2.75) is 111 Å². The highest BCUT2D eigenvalue weighted by molar-refractivity contribution is 6.37. The quantitative estimate of drug-likeness (QED) is 0.104. The van der Waals surface area contributed by atoms with E-state index in [2.05, 4.69) is 68.6 Å². The van der Waals surface area contributed by atoms with Gasteiger partial charge in [0.05, 0.1) is 37.8 Å². The molecule has 1 aliphatic heterocycles. The van der Waals surface area contributed by atoms with Crippen LogP contribution in [-0.2, 0) is 38.3 Å². The van der Waals surface area contributed by atoms with Gasteiger partial charge in [-0.2, -0.15) is 0 Å². The number of benzene rings is 1. The first-order valence-corrected chi connectivity index (χ1v) is 22.4. The van der Waals surface area contributed by atoms with Crippen LogP contribution in [0.5, 0.6) is 0 Å². The van der Waals surface area contributed by atoms with Crippen molar-refractivity contribution in [2.75, 3.05) is 46.8 Å². The summed E-state index contributed by atoms with van der Waals surface area (Å²) in [4.78, 5) is 127. The third kappa shape index (κ3) is 20.4. The van der Waals surface area contributed by atoms with Crippen molar-refractivity contribution in [3.05, 3.63) is 60.2 Å². The van der Waals surface area contributed by atoms with E-state index in [1.54, 1.807) is 51.1 Å². The third-order valence-electron chi connectivity index (χ3n) is 9.78.